The van der Waals surface area contributed by atoms with E-state index in [2.05, 4.69) is 0 Å². The number of amides is 1. The van der Waals surface area contributed by atoms with Crippen LogP contribution in [0.3, 0.4) is 0 Å². The number of hydrogen-bond acceptors (Lipinski definition) is 7. The predicted molar refractivity (Wildman–Crippen MR) is 138 cm³/mol. The number of ether oxygens (including phenoxy) is 3. The van der Waals surface area contributed by atoms with Crippen molar-refractivity contribution in [1.82, 2.24) is 0 Å². The third-order valence-electron chi connectivity index (χ3n) is 5.94. The maximum atomic E-state index is 13.3. The molecule has 1 fully saturated rings. The molecule has 3 aromatic rings. The van der Waals surface area contributed by atoms with Gasteiger partial charge in [0.15, 0.2) is 11.5 Å². The van der Waals surface area contributed by atoms with Crippen LogP contribution < -0.4 is 14.4 Å². The molecular weight excluding hydrogens is 474 g/mol. The standard InChI is InChI=1S/C29H27NO7/c1-17(2)37-29(34)19-10-13-21(14-11-19)30-25(18-8-6-5-7-9-18)24(27(32)28(30)33)26(31)20-12-15-22(35-3)23(16-20)36-4/h5-17,25,31H,1-4H3/b26-24-. The number of carbonyl (C=O) groups is 3. The summed E-state index contributed by atoms with van der Waals surface area (Å²) < 4.78 is 15.8. The molecule has 1 saturated heterocycles. The molecular formula is C29H27NO7. The summed E-state index contributed by atoms with van der Waals surface area (Å²) in [5.41, 5.74) is 1.57. The second kappa shape index (κ2) is 10.6. The lowest BCUT2D eigenvalue weighted by Crippen LogP contribution is -2.29. The van der Waals surface area contributed by atoms with E-state index in [-0.39, 0.29) is 17.4 Å². The number of ketones is 1. The number of Topliss-reactive ketones (excluding diaryl/α,β-unsaturated/α-hetero) is 1. The van der Waals surface area contributed by atoms with E-state index in [0.717, 1.165) is 0 Å². The molecule has 0 aliphatic carbocycles. The molecule has 0 bridgehead atoms. The van der Waals surface area contributed by atoms with Gasteiger partial charge in [-0.05, 0) is 61.9 Å². The molecule has 1 N–H and O–H groups in total. The summed E-state index contributed by atoms with van der Waals surface area (Å²) in [6.45, 7) is 3.51. The van der Waals surface area contributed by atoms with E-state index in [0.29, 0.717) is 33.9 Å². The van der Waals surface area contributed by atoms with Crippen molar-refractivity contribution in [2.24, 2.45) is 0 Å². The monoisotopic (exact) mass is 501 g/mol. The van der Waals surface area contributed by atoms with Gasteiger partial charge in [0.05, 0.1) is 37.5 Å². The van der Waals surface area contributed by atoms with Crippen molar-refractivity contribution in [1.29, 1.82) is 0 Å². The lowest BCUT2D eigenvalue weighted by atomic mass is 9.95. The van der Waals surface area contributed by atoms with Gasteiger partial charge < -0.3 is 19.3 Å². The van der Waals surface area contributed by atoms with Gasteiger partial charge in [0, 0.05) is 11.3 Å². The van der Waals surface area contributed by atoms with Gasteiger partial charge in [-0.1, -0.05) is 30.3 Å². The van der Waals surface area contributed by atoms with E-state index in [4.69, 9.17) is 14.2 Å². The first-order valence-electron chi connectivity index (χ1n) is 11.7. The zero-order valence-electron chi connectivity index (χ0n) is 20.9. The fourth-order valence-corrected chi connectivity index (χ4v) is 4.23. The number of carbonyl (C=O) groups excluding carboxylic acids is 3. The number of aliphatic hydroxyl groups is 1. The normalized spacial score (nSPS) is 16.7. The molecule has 8 heteroatoms. The molecule has 0 saturated carbocycles. The zero-order chi connectivity index (χ0) is 26.7. The van der Waals surface area contributed by atoms with E-state index >= 15 is 0 Å². The van der Waals surface area contributed by atoms with Gasteiger partial charge in [0.25, 0.3) is 11.7 Å². The van der Waals surface area contributed by atoms with Crippen LogP contribution in [0, 0.1) is 0 Å². The van der Waals surface area contributed by atoms with Crippen molar-refractivity contribution >= 4 is 29.1 Å². The number of esters is 1. The number of benzene rings is 3. The third-order valence-corrected chi connectivity index (χ3v) is 5.94. The van der Waals surface area contributed by atoms with Crippen molar-refractivity contribution in [3.8, 4) is 11.5 Å². The molecule has 0 spiro atoms. The smallest absolute Gasteiger partial charge is 0.338 e. The number of aliphatic hydroxyl groups excluding tert-OH is 1. The van der Waals surface area contributed by atoms with Crippen molar-refractivity contribution in [3.05, 3.63) is 95.1 Å². The summed E-state index contributed by atoms with van der Waals surface area (Å²) >= 11 is 0. The van der Waals surface area contributed by atoms with Gasteiger partial charge in [0.1, 0.15) is 5.76 Å². The van der Waals surface area contributed by atoms with Gasteiger partial charge in [-0.3, -0.25) is 14.5 Å². The molecule has 1 aliphatic heterocycles. The largest absolute Gasteiger partial charge is 0.507 e. The Balaban J connectivity index is 1.83. The quantitative estimate of drug-likeness (QED) is 0.213. The fourth-order valence-electron chi connectivity index (χ4n) is 4.23. The fraction of sp³-hybridized carbons (Fsp3) is 0.207. The Labute approximate surface area is 214 Å². The Morgan fingerprint density at radius 3 is 2.08 bits per heavy atom. The van der Waals surface area contributed by atoms with E-state index in [1.807, 2.05) is 6.07 Å². The van der Waals surface area contributed by atoms with Crippen molar-refractivity contribution in [2.45, 2.75) is 26.0 Å². The first kappa shape index (κ1) is 25.5. The highest BCUT2D eigenvalue weighted by Crippen LogP contribution is 2.43. The molecule has 3 aromatic carbocycles. The van der Waals surface area contributed by atoms with Gasteiger partial charge >= 0.3 is 5.97 Å². The minimum absolute atomic E-state index is 0.0632. The lowest BCUT2D eigenvalue weighted by molar-refractivity contribution is -0.132. The van der Waals surface area contributed by atoms with Gasteiger partial charge in [-0.2, -0.15) is 0 Å². The summed E-state index contributed by atoms with van der Waals surface area (Å²) in [5, 5.41) is 11.3. The van der Waals surface area contributed by atoms with Crippen LogP contribution in [0.1, 0.15) is 41.4 Å². The molecule has 37 heavy (non-hydrogen) atoms. The Morgan fingerprint density at radius 2 is 1.49 bits per heavy atom. The minimum Gasteiger partial charge on any atom is -0.507 e. The highest BCUT2D eigenvalue weighted by molar-refractivity contribution is 6.51. The average Bonchev–Trinajstić information content (AvgIpc) is 3.18. The van der Waals surface area contributed by atoms with E-state index in [1.54, 1.807) is 68.4 Å². The van der Waals surface area contributed by atoms with Crippen molar-refractivity contribution in [2.75, 3.05) is 19.1 Å². The average molecular weight is 502 g/mol. The number of nitrogens with zero attached hydrogens (tertiary/aromatic N) is 1. The number of rotatable bonds is 7. The second-order valence-electron chi connectivity index (χ2n) is 8.65. The van der Waals surface area contributed by atoms with Crippen LogP contribution in [-0.4, -0.2) is 43.1 Å². The van der Waals surface area contributed by atoms with Gasteiger partial charge in [0.2, 0.25) is 0 Å². The zero-order valence-corrected chi connectivity index (χ0v) is 20.9. The summed E-state index contributed by atoms with van der Waals surface area (Å²) in [7, 11) is 2.96. The predicted octanol–water partition coefficient (Wildman–Crippen LogP) is 4.90. The van der Waals surface area contributed by atoms with Crippen LogP contribution in [0.2, 0.25) is 0 Å². The maximum Gasteiger partial charge on any atom is 0.338 e. The first-order valence-corrected chi connectivity index (χ1v) is 11.7. The molecule has 190 valence electrons. The third kappa shape index (κ3) is 4.91. The molecule has 1 aliphatic rings. The van der Waals surface area contributed by atoms with E-state index < -0.39 is 23.7 Å². The van der Waals surface area contributed by atoms with E-state index in [1.165, 1.54) is 31.3 Å². The highest BCUT2D eigenvalue weighted by Gasteiger charge is 2.47. The molecule has 1 amide bonds. The van der Waals surface area contributed by atoms with Crippen LogP contribution in [0.4, 0.5) is 5.69 Å². The van der Waals surface area contributed by atoms with Gasteiger partial charge in [-0.25, -0.2) is 4.79 Å². The SMILES string of the molecule is COc1ccc(/C(O)=C2/C(=O)C(=O)N(c3ccc(C(=O)OC(C)C)cc3)C2c2ccccc2)cc1OC. The van der Waals surface area contributed by atoms with Crippen molar-refractivity contribution < 1.29 is 33.7 Å². The summed E-state index contributed by atoms with van der Waals surface area (Å²) in [4.78, 5) is 40.2. The Kier molecular flexibility index (Phi) is 7.29. The summed E-state index contributed by atoms with van der Waals surface area (Å²) in [6, 6.07) is 19.0. The number of anilines is 1. The molecule has 0 aromatic heterocycles. The minimum atomic E-state index is -0.900. The molecule has 4 rings (SSSR count). The lowest BCUT2D eigenvalue weighted by Gasteiger charge is -2.25. The van der Waals surface area contributed by atoms with E-state index in [9.17, 15) is 19.5 Å². The number of methoxy groups -OCH3 is 2. The maximum absolute atomic E-state index is 13.3. The summed E-state index contributed by atoms with van der Waals surface area (Å²) in [6.07, 6.45) is -0.278. The Bertz CT molecular complexity index is 1360. The van der Waals surface area contributed by atoms with Gasteiger partial charge in [-0.15, -0.1) is 0 Å². The second-order valence-corrected chi connectivity index (χ2v) is 8.65. The Morgan fingerprint density at radius 1 is 0.865 bits per heavy atom. The van der Waals surface area contributed by atoms with Crippen LogP contribution in [0.25, 0.3) is 5.76 Å². The highest BCUT2D eigenvalue weighted by atomic mass is 16.5. The first-order chi connectivity index (χ1) is 17.8. The van der Waals surface area contributed by atoms with Crippen LogP contribution >= 0.6 is 0 Å². The van der Waals surface area contributed by atoms with Crippen LogP contribution in [0.5, 0.6) is 11.5 Å². The molecule has 1 atom stereocenters. The molecule has 1 heterocycles. The number of hydrogen-bond donors (Lipinski definition) is 1. The van der Waals surface area contributed by atoms with Crippen molar-refractivity contribution in [3.63, 3.8) is 0 Å². The molecule has 1 unspecified atom stereocenters. The Hall–Kier alpha value is -4.59. The van der Waals surface area contributed by atoms with Crippen LogP contribution in [-0.2, 0) is 14.3 Å². The molecule has 0 radical (unpaired) electrons. The summed E-state index contributed by atoms with van der Waals surface area (Å²) in [5.74, 6) is -1.64. The topological polar surface area (TPSA) is 102 Å². The molecule has 8 nitrogen and oxygen atoms in total. The van der Waals surface area contributed by atoms with Crippen LogP contribution in [0.15, 0.2) is 78.4 Å².